The number of amidine groups is 1. The van der Waals surface area contributed by atoms with Crippen LogP contribution in [0, 0.1) is 12.7 Å². The number of hydrogen-bond acceptors (Lipinski definition) is 7. The van der Waals surface area contributed by atoms with Gasteiger partial charge in [0.15, 0.2) is 16.8 Å². The summed E-state index contributed by atoms with van der Waals surface area (Å²) in [5.74, 6) is 0.805. The zero-order valence-corrected chi connectivity index (χ0v) is 17.5. The molecule has 30 heavy (non-hydrogen) atoms. The third-order valence-corrected chi connectivity index (χ3v) is 5.87. The molecule has 9 heteroatoms. The van der Waals surface area contributed by atoms with Crippen molar-refractivity contribution in [2.75, 3.05) is 5.75 Å². The molecule has 0 saturated carbocycles. The van der Waals surface area contributed by atoms with Gasteiger partial charge in [-0.05, 0) is 38.0 Å². The quantitative estimate of drug-likeness (QED) is 0.632. The Morgan fingerprint density at radius 3 is 2.80 bits per heavy atom. The normalized spacial score (nSPS) is 18.8. The molecule has 0 unspecified atom stereocenters. The second-order valence-electron chi connectivity index (χ2n) is 7.42. The largest absolute Gasteiger partial charge is 0.379 e. The van der Waals surface area contributed by atoms with Crippen molar-refractivity contribution >= 4 is 22.7 Å². The minimum atomic E-state index is -0.733. The maximum absolute atomic E-state index is 14.6. The van der Waals surface area contributed by atoms with Gasteiger partial charge in [0.05, 0.1) is 23.6 Å². The first-order valence-electron chi connectivity index (χ1n) is 9.47. The molecule has 4 rings (SSSR count). The van der Waals surface area contributed by atoms with E-state index in [0.29, 0.717) is 28.5 Å². The summed E-state index contributed by atoms with van der Waals surface area (Å²) < 4.78 is 16.3. The molecule has 0 radical (unpaired) electrons. The molecule has 0 spiro atoms. The highest BCUT2D eigenvalue weighted by atomic mass is 32.2. The molecule has 154 valence electrons. The zero-order chi connectivity index (χ0) is 21.3. The van der Waals surface area contributed by atoms with E-state index in [-0.39, 0.29) is 23.7 Å². The van der Waals surface area contributed by atoms with Gasteiger partial charge in [-0.1, -0.05) is 17.8 Å². The Morgan fingerprint density at radius 1 is 1.30 bits per heavy atom. The first kappa shape index (κ1) is 20.2. The highest BCUT2D eigenvalue weighted by molar-refractivity contribution is 8.13. The molecule has 0 bridgehead atoms. The molecule has 0 aliphatic carbocycles. The number of nitrogens with two attached hydrogens (primary N) is 1. The van der Waals surface area contributed by atoms with Crippen molar-refractivity contribution < 1.29 is 9.18 Å². The Hall–Kier alpha value is -3.07. The Labute approximate surface area is 177 Å². The number of rotatable bonds is 5. The number of carbonyl (C=O) groups excluding carboxylic acids is 1. The lowest BCUT2D eigenvalue weighted by Gasteiger charge is -2.30. The first-order chi connectivity index (χ1) is 14.3. The van der Waals surface area contributed by atoms with E-state index in [4.69, 9.17) is 5.73 Å². The van der Waals surface area contributed by atoms with Crippen LogP contribution in [0.1, 0.15) is 40.7 Å². The summed E-state index contributed by atoms with van der Waals surface area (Å²) in [6.45, 7) is 3.75. The number of aliphatic imine (C=N–C) groups is 1. The number of carbonyl (C=O) groups is 1. The highest BCUT2D eigenvalue weighted by Gasteiger charge is 2.32. The van der Waals surface area contributed by atoms with Crippen LogP contribution in [0.5, 0.6) is 0 Å². The van der Waals surface area contributed by atoms with Crippen LogP contribution in [-0.4, -0.2) is 36.2 Å². The van der Waals surface area contributed by atoms with Gasteiger partial charge in [0, 0.05) is 23.9 Å². The van der Waals surface area contributed by atoms with E-state index in [1.165, 1.54) is 30.2 Å². The number of ketones is 1. The molecule has 0 amide bonds. The van der Waals surface area contributed by atoms with Crippen LogP contribution in [0.25, 0.3) is 5.82 Å². The van der Waals surface area contributed by atoms with E-state index in [9.17, 15) is 9.18 Å². The minimum absolute atomic E-state index is 0.0928. The monoisotopic (exact) mass is 424 g/mol. The van der Waals surface area contributed by atoms with E-state index < -0.39 is 5.54 Å². The number of aryl methyl sites for hydroxylation is 1. The van der Waals surface area contributed by atoms with Crippen molar-refractivity contribution in [1.82, 2.24) is 19.5 Å². The van der Waals surface area contributed by atoms with Crippen LogP contribution in [0.4, 0.5) is 4.39 Å². The van der Waals surface area contributed by atoms with Crippen LogP contribution in [0.2, 0.25) is 0 Å². The van der Waals surface area contributed by atoms with E-state index in [1.54, 1.807) is 23.0 Å². The molecule has 1 aliphatic rings. The minimum Gasteiger partial charge on any atom is -0.379 e. The third-order valence-electron chi connectivity index (χ3n) is 5.07. The van der Waals surface area contributed by atoms with E-state index >= 15 is 0 Å². The average Bonchev–Trinajstić information content (AvgIpc) is 3.15. The van der Waals surface area contributed by atoms with E-state index in [1.807, 2.05) is 20.0 Å². The second-order valence-corrected chi connectivity index (χ2v) is 8.53. The van der Waals surface area contributed by atoms with Gasteiger partial charge in [-0.2, -0.15) is 0 Å². The maximum atomic E-state index is 14.6. The summed E-state index contributed by atoms with van der Waals surface area (Å²) in [5.41, 5.74) is 7.39. The molecule has 1 atom stereocenters. The molecule has 0 fully saturated rings. The van der Waals surface area contributed by atoms with E-state index in [2.05, 4.69) is 19.9 Å². The first-order valence-corrected chi connectivity index (χ1v) is 10.5. The van der Waals surface area contributed by atoms with Crippen molar-refractivity contribution in [2.24, 2.45) is 10.7 Å². The van der Waals surface area contributed by atoms with Gasteiger partial charge in [-0.3, -0.25) is 14.4 Å². The number of Topliss-reactive ketones (excluding diaryl/α,β-unsaturated/α-hetero) is 1. The fraction of sp³-hybridized carbons (Fsp3) is 0.286. The fourth-order valence-corrected chi connectivity index (χ4v) is 4.37. The molecule has 1 aliphatic heterocycles. The SMILES string of the molecule is Cc1cn(-c2cnc(C(=O)Cc3ccc(F)c([C@]4(C)CCSC(N)=N4)c3)cn2)cn1. The molecule has 3 aromatic rings. The highest BCUT2D eigenvalue weighted by Crippen LogP contribution is 2.36. The Kier molecular flexibility index (Phi) is 5.38. The molecule has 2 aromatic heterocycles. The summed E-state index contributed by atoms with van der Waals surface area (Å²) in [6.07, 6.45) is 7.21. The maximum Gasteiger partial charge on any atom is 0.187 e. The standard InChI is InChI=1S/C21H21FN6OS/c1-13-11-28(12-26-13)19-10-24-17(9-25-19)18(29)8-14-3-4-16(22)15(7-14)21(2)5-6-30-20(23)27-21/h3-4,7,9-12H,5-6,8H2,1-2H3,(H2,23,27)/t21-/m0/s1. The number of aromatic nitrogens is 4. The molecular weight excluding hydrogens is 403 g/mol. The Morgan fingerprint density at radius 2 is 2.13 bits per heavy atom. The summed E-state index contributed by atoms with van der Waals surface area (Å²) in [7, 11) is 0. The lowest BCUT2D eigenvalue weighted by molar-refractivity contribution is 0.0987. The lowest BCUT2D eigenvalue weighted by atomic mass is 9.87. The molecular formula is C21H21FN6OS. The van der Waals surface area contributed by atoms with Crippen LogP contribution < -0.4 is 5.73 Å². The van der Waals surface area contributed by atoms with Gasteiger partial charge in [0.25, 0.3) is 0 Å². The van der Waals surface area contributed by atoms with Crippen LogP contribution in [-0.2, 0) is 12.0 Å². The van der Waals surface area contributed by atoms with Crippen molar-refractivity contribution in [3.8, 4) is 5.82 Å². The van der Waals surface area contributed by atoms with Crippen molar-refractivity contribution in [2.45, 2.75) is 32.2 Å². The van der Waals surface area contributed by atoms with Gasteiger partial charge in [0.1, 0.15) is 17.8 Å². The summed E-state index contributed by atoms with van der Waals surface area (Å²) >= 11 is 1.46. The number of imidazole rings is 1. The van der Waals surface area contributed by atoms with Crippen LogP contribution in [0.3, 0.4) is 0 Å². The topological polar surface area (TPSA) is 99.0 Å². The molecule has 3 heterocycles. The smallest absolute Gasteiger partial charge is 0.187 e. The van der Waals surface area contributed by atoms with Crippen molar-refractivity contribution in [1.29, 1.82) is 0 Å². The Balaban J connectivity index is 1.54. The van der Waals surface area contributed by atoms with Crippen LogP contribution in [0.15, 0.2) is 48.1 Å². The Bertz CT molecular complexity index is 1130. The second kappa shape index (κ2) is 7.98. The fourth-order valence-electron chi connectivity index (χ4n) is 3.40. The number of nitrogens with zero attached hydrogens (tertiary/aromatic N) is 5. The van der Waals surface area contributed by atoms with Gasteiger partial charge < -0.3 is 5.73 Å². The number of halogens is 1. The van der Waals surface area contributed by atoms with E-state index in [0.717, 1.165) is 11.4 Å². The zero-order valence-electron chi connectivity index (χ0n) is 16.7. The van der Waals surface area contributed by atoms with Crippen LogP contribution >= 0.6 is 11.8 Å². The van der Waals surface area contributed by atoms with Gasteiger partial charge >= 0.3 is 0 Å². The number of thioether (sulfide) groups is 1. The molecule has 1 aromatic carbocycles. The molecule has 7 nitrogen and oxygen atoms in total. The molecule has 0 saturated heterocycles. The van der Waals surface area contributed by atoms with Crippen molar-refractivity contribution in [3.63, 3.8) is 0 Å². The van der Waals surface area contributed by atoms with Gasteiger partial charge in [-0.25, -0.2) is 19.3 Å². The third kappa shape index (κ3) is 4.11. The number of hydrogen-bond donors (Lipinski definition) is 1. The predicted octanol–water partition coefficient (Wildman–Crippen LogP) is 3.20. The molecule has 2 N–H and O–H groups in total. The van der Waals surface area contributed by atoms with Gasteiger partial charge in [-0.15, -0.1) is 0 Å². The average molecular weight is 425 g/mol. The summed E-state index contributed by atoms with van der Waals surface area (Å²) in [6, 6.07) is 4.70. The summed E-state index contributed by atoms with van der Waals surface area (Å²) in [4.78, 5) is 29.9. The number of benzene rings is 1. The van der Waals surface area contributed by atoms with Crippen molar-refractivity contribution in [3.05, 3.63) is 71.4 Å². The lowest BCUT2D eigenvalue weighted by Crippen LogP contribution is -2.29. The van der Waals surface area contributed by atoms with Gasteiger partial charge in [0.2, 0.25) is 0 Å². The predicted molar refractivity (Wildman–Crippen MR) is 114 cm³/mol. The summed E-state index contributed by atoms with van der Waals surface area (Å²) in [5, 5.41) is 0.452.